The van der Waals surface area contributed by atoms with E-state index in [1.807, 2.05) is 42.5 Å². The van der Waals surface area contributed by atoms with E-state index in [1.165, 1.54) is 11.3 Å². The highest BCUT2D eigenvalue weighted by Gasteiger charge is 2.26. The van der Waals surface area contributed by atoms with Crippen LogP contribution >= 0.6 is 11.3 Å². The summed E-state index contributed by atoms with van der Waals surface area (Å²) in [5.74, 6) is -0.543. The molecule has 0 aliphatic carbocycles. The van der Waals surface area contributed by atoms with Gasteiger partial charge in [0.05, 0.1) is 11.4 Å². The number of benzene rings is 2. The number of ether oxygens (including phenoxy) is 2. The van der Waals surface area contributed by atoms with Crippen LogP contribution in [0.25, 0.3) is 15.9 Å². The number of nitrogens with two attached hydrogens (primary N) is 1. The average Bonchev–Trinajstić information content (AvgIpc) is 3.35. The first-order valence-corrected chi connectivity index (χ1v) is 10.3. The summed E-state index contributed by atoms with van der Waals surface area (Å²) < 4.78 is 13.0. The number of hydrogen-bond acceptors (Lipinski definition) is 6. The standard InChI is InChI=1S/C22H17N3O5S/c23-20(26)18-11-29-17-9-12(6-7-16(17)30-18)8-15-14-10-19(22(27)28)31-21(14)25(24-15)13-4-2-1-3-5-13/h1-7,9-10,18H,8,11H2,(H2,23,26)(H,27,28). The van der Waals surface area contributed by atoms with Crippen molar-refractivity contribution in [1.82, 2.24) is 9.78 Å². The number of carboxylic acids is 1. The molecule has 0 spiro atoms. The zero-order chi connectivity index (χ0) is 21.5. The lowest BCUT2D eigenvalue weighted by Gasteiger charge is -2.24. The summed E-state index contributed by atoms with van der Waals surface area (Å²) in [7, 11) is 0. The molecule has 1 atom stereocenters. The Morgan fingerprint density at radius 2 is 1.97 bits per heavy atom. The zero-order valence-electron chi connectivity index (χ0n) is 16.1. The number of primary amides is 1. The first-order valence-electron chi connectivity index (χ1n) is 9.51. The number of para-hydroxylation sites is 1. The summed E-state index contributed by atoms with van der Waals surface area (Å²) in [6, 6.07) is 16.7. The Morgan fingerprint density at radius 1 is 1.16 bits per heavy atom. The molecular weight excluding hydrogens is 418 g/mol. The van der Waals surface area contributed by atoms with Gasteiger partial charge in [0, 0.05) is 11.8 Å². The monoisotopic (exact) mass is 435 g/mol. The van der Waals surface area contributed by atoms with Crippen LogP contribution in [0.3, 0.4) is 0 Å². The molecule has 4 aromatic rings. The van der Waals surface area contributed by atoms with Crippen LogP contribution in [0.2, 0.25) is 0 Å². The van der Waals surface area contributed by atoms with Gasteiger partial charge in [-0.15, -0.1) is 11.3 Å². The molecule has 0 fully saturated rings. The Bertz CT molecular complexity index is 1310. The van der Waals surface area contributed by atoms with Gasteiger partial charge in [0.15, 0.2) is 11.5 Å². The third kappa shape index (κ3) is 3.49. The van der Waals surface area contributed by atoms with E-state index in [0.29, 0.717) is 17.9 Å². The molecule has 0 radical (unpaired) electrons. The smallest absolute Gasteiger partial charge is 0.345 e. The summed E-state index contributed by atoms with van der Waals surface area (Å²) in [4.78, 5) is 23.9. The molecule has 1 aliphatic heterocycles. The van der Waals surface area contributed by atoms with Crippen molar-refractivity contribution in [1.29, 1.82) is 0 Å². The van der Waals surface area contributed by atoms with Crippen molar-refractivity contribution in [2.24, 2.45) is 5.73 Å². The van der Waals surface area contributed by atoms with Crippen LogP contribution in [0.4, 0.5) is 0 Å². The van der Waals surface area contributed by atoms with Gasteiger partial charge in [0.1, 0.15) is 16.3 Å². The van der Waals surface area contributed by atoms with Crippen LogP contribution in [0.5, 0.6) is 11.5 Å². The first kappa shape index (κ1) is 19.1. The molecule has 3 heterocycles. The third-order valence-corrected chi connectivity index (χ3v) is 6.10. The lowest BCUT2D eigenvalue weighted by molar-refractivity contribution is -0.127. The summed E-state index contributed by atoms with van der Waals surface area (Å²) in [6.07, 6.45) is -0.332. The van der Waals surface area contributed by atoms with Gasteiger partial charge >= 0.3 is 5.97 Å². The van der Waals surface area contributed by atoms with Crippen LogP contribution in [0, 0.1) is 0 Å². The van der Waals surface area contributed by atoms with Gasteiger partial charge in [-0.1, -0.05) is 24.3 Å². The maximum Gasteiger partial charge on any atom is 0.345 e. The highest BCUT2D eigenvalue weighted by atomic mass is 32.1. The second kappa shape index (κ2) is 7.44. The maximum atomic E-state index is 11.5. The molecule has 0 saturated heterocycles. The molecule has 0 saturated carbocycles. The van der Waals surface area contributed by atoms with E-state index < -0.39 is 18.0 Å². The van der Waals surface area contributed by atoms with E-state index in [2.05, 4.69) is 0 Å². The van der Waals surface area contributed by atoms with Crippen molar-refractivity contribution >= 4 is 33.4 Å². The fraction of sp³-hybridized carbons (Fsp3) is 0.136. The molecule has 3 N–H and O–H groups in total. The van der Waals surface area contributed by atoms with Crippen LogP contribution in [-0.2, 0) is 11.2 Å². The quantitative estimate of drug-likeness (QED) is 0.498. The fourth-order valence-electron chi connectivity index (χ4n) is 3.50. The highest BCUT2D eigenvalue weighted by Crippen LogP contribution is 2.35. The predicted octanol–water partition coefficient (Wildman–Crippen LogP) is 3.00. The molecule has 156 valence electrons. The molecule has 2 aromatic carbocycles. The van der Waals surface area contributed by atoms with Crippen molar-refractivity contribution < 1.29 is 24.2 Å². The van der Waals surface area contributed by atoms with Gasteiger partial charge in [0.25, 0.3) is 5.91 Å². The molecule has 1 unspecified atom stereocenters. The molecule has 31 heavy (non-hydrogen) atoms. The average molecular weight is 435 g/mol. The molecular formula is C22H17N3O5S. The van der Waals surface area contributed by atoms with E-state index in [1.54, 1.807) is 16.8 Å². The number of rotatable bonds is 5. The van der Waals surface area contributed by atoms with E-state index in [4.69, 9.17) is 20.3 Å². The van der Waals surface area contributed by atoms with Crippen LogP contribution in [-0.4, -0.2) is 39.5 Å². The Morgan fingerprint density at radius 3 is 2.71 bits per heavy atom. The summed E-state index contributed by atoms with van der Waals surface area (Å²) in [5, 5.41) is 15.0. The van der Waals surface area contributed by atoms with E-state index in [0.717, 1.165) is 27.2 Å². The molecule has 1 amide bonds. The van der Waals surface area contributed by atoms with Crippen molar-refractivity contribution in [3.05, 3.63) is 70.7 Å². The van der Waals surface area contributed by atoms with Crippen molar-refractivity contribution in [2.75, 3.05) is 6.61 Å². The van der Waals surface area contributed by atoms with Gasteiger partial charge in [-0.2, -0.15) is 5.10 Å². The summed E-state index contributed by atoms with van der Waals surface area (Å²) in [5.41, 5.74) is 7.82. The van der Waals surface area contributed by atoms with Gasteiger partial charge < -0.3 is 20.3 Å². The zero-order valence-corrected chi connectivity index (χ0v) is 17.0. The number of carboxylic acid groups (broad SMARTS) is 1. The van der Waals surface area contributed by atoms with Crippen LogP contribution in [0.1, 0.15) is 20.9 Å². The van der Waals surface area contributed by atoms with Gasteiger partial charge in [-0.25, -0.2) is 9.48 Å². The number of amides is 1. The van der Waals surface area contributed by atoms with E-state index in [-0.39, 0.29) is 11.5 Å². The van der Waals surface area contributed by atoms with Gasteiger partial charge in [-0.3, -0.25) is 4.79 Å². The van der Waals surface area contributed by atoms with Crippen molar-refractivity contribution in [2.45, 2.75) is 12.5 Å². The van der Waals surface area contributed by atoms with Gasteiger partial charge in [0.2, 0.25) is 6.10 Å². The summed E-state index contributed by atoms with van der Waals surface area (Å²) in [6.45, 7) is 0.0607. The highest BCUT2D eigenvalue weighted by molar-refractivity contribution is 7.20. The second-order valence-electron chi connectivity index (χ2n) is 7.11. The lowest BCUT2D eigenvalue weighted by atomic mass is 10.1. The van der Waals surface area contributed by atoms with Gasteiger partial charge in [-0.05, 0) is 35.9 Å². The van der Waals surface area contributed by atoms with Crippen LogP contribution in [0.15, 0.2) is 54.6 Å². The molecule has 5 rings (SSSR count). The summed E-state index contributed by atoms with van der Waals surface area (Å²) >= 11 is 1.20. The Labute approximate surface area is 180 Å². The van der Waals surface area contributed by atoms with E-state index in [9.17, 15) is 14.7 Å². The van der Waals surface area contributed by atoms with Crippen LogP contribution < -0.4 is 15.2 Å². The molecule has 1 aliphatic rings. The number of aromatic carboxylic acids is 1. The first-order chi connectivity index (χ1) is 15.0. The van der Waals surface area contributed by atoms with Crippen molar-refractivity contribution in [3.8, 4) is 17.2 Å². The number of aromatic nitrogens is 2. The topological polar surface area (TPSA) is 117 Å². The second-order valence-corrected chi connectivity index (χ2v) is 8.14. The number of carbonyl (C=O) groups excluding carboxylic acids is 1. The number of hydrogen-bond donors (Lipinski definition) is 2. The Kier molecular flexibility index (Phi) is 4.59. The lowest BCUT2D eigenvalue weighted by Crippen LogP contribution is -2.40. The Balaban J connectivity index is 1.52. The molecule has 0 bridgehead atoms. The molecule has 8 nitrogen and oxygen atoms in total. The fourth-order valence-corrected chi connectivity index (χ4v) is 4.50. The number of carbonyl (C=O) groups is 2. The number of nitrogens with zero attached hydrogens (tertiary/aromatic N) is 2. The SMILES string of the molecule is NC(=O)C1COc2cc(Cc3nn(-c4ccccc4)c4sc(C(=O)O)cc34)ccc2O1. The molecule has 9 heteroatoms. The third-order valence-electron chi connectivity index (χ3n) is 5.00. The van der Waals surface area contributed by atoms with E-state index >= 15 is 0 Å². The minimum absolute atomic E-state index is 0.0607. The number of fused-ring (bicyclic) bond motifs is 2. The predicted molar refractivity (Wildman–Crippen MR) is 114 cm³/mol. The normalized spacial score (nSPS) is 15.2. The largest absolute Gasteiger partial charge is 0.485 e. The Hall–Kier alpha value is -3.85. The maximum absolute atomic E-state index is 11.5. The number of thiophene rings is 1. The minimum atomic E-state index is -0.963. The molecule has 2 aromatic heterocycles. The minimum Gasteiger partial charge on any atom is -0.485 e. The van der Waals surface area contributed by atoms with Crippen molar-refractivity contribution in [3.63, 3.8) is 0 Å².